The number of H-pyrrole nitrogens is 1. The van der Waals surface area contributed by atoms with Gasteiger partial charge < -0.3 is 10.1 Å². The normalized spacial score (nSPS) is 10.4. The molecule has 2 N–H and O–H groups in total. The molecule has 0 unspecified atom stereocenters. The van der Waals surface area contributed by atoms with E-state index in [0.717, 1.165) is 16.9 Å². The van der Waals surface area contributed by atoms with Crippen LogP contribution in [0.3, 0.4) is 0 Å². The van der Waals surface area contributed by atoms with E-state index in [1.165, 1.54) is 0 Å². The van der Waals surface area contributed by atoms with Gasteiger partial charge in [-0.1, -0.05) is 42.5 Å². The van der Waals surface area contributed by atoms with Gasteiger partial charge >= 0.3 is 0 Å². The van der Waals surface area contributed by atoms with E-state index in [0.29, 0.717) is 18.8 Å². The lowest BCUT2D eigenvalue weighted by atomic mass is 10.1. The van der Waals surface area contributed by atoms with Crippen molar-refractivity contribution < 1.29 is 9.53 Å². The number of nitrogens with zero attached hydrogens (tertiary/aromatic N) is 2. The molecule has 1 heterocycles. The van der Waals surface area contributed by atoms with Crippen LogP contribution in [0.15, 0.2) is 54.6 Å². The Morgan fingerprint density at radius 1 is 1.12 bits per heavy atom. The van der Waals surface area contributed by atoms with E-state index in [2.05, 4.69) is 20.7 Å². The highest BCUT2D eigenvalue weighted by Crippen LogP contribution is 2.19. The lowest BCUT2D eigenvalue weighted by molar-refractivity contribution is 0.0946. The van der Waals surface area contributed by atoms with Crippen molar-refractivity contribution >= 4 is 5.91 Å². The Bertz CT molecular complexity index is 815. The Morgan fingerprint density at radius 2 is 1.96 bits per heavy atom. The topological polar surface area (TPSA) is 79.9 Å². The SMILES string of the molecule is CCOc1cccc(CNC(=O)c2n[nH]nc2-c2ccccc2)c1. The Kier molecular flexibility index (Phi) is 4.86. The van der Waals surface area contributed by atoms with Crippen LogP contribution in [-0.2, 0) is 6.54 Å². The molecule has 3 rings (SSSR count). The molecule has 3 aromatic rings. The number of benzene rings is 2. The summed E-state index contributed by atoms with van der Waals surface area (Å²) in [5.41, 5.74) is 2.62. The average molecular weight is 322 g/mol. The molecule has 6 nitrogen and oxygen atoms in total. The van der Waals surface area contributed by atoms with Gasteiger partial charge in [0.1, 0.15) is 11.4 Å². The highest BCUT2D eigenvalue weighted by atomic mass is 16.5. The second kappa shape index (κ2) is 7.41. The minimum atomic E-state index is -0.274. The largest absolute Gasteiger partial charge is 0.494 e. The van der Waals surface area contributed by atoms with Gasteiger partial charge in [0.2, 0.25) is 0 Å². The van der Waals surface area contributed by atoms with Crippen molar-refractivity contribution in [3.05, 3.63) is 65.9 Å². The molecule has 0 aliphatic heterocycles. The minimum absolute atomic E-state index is 0.274. The third-order valence-corrected chi connectivity index (χ3v) is 3.47. The van der Waals surface area contributed by atoms with Crippen LogP contribution in [0, 0.1) is 0 Å². The van der Waals surface area contributed by atoms with E-state index in [1.54, 1.807) is 0 Å². The Morgan fingerprint density at radius 3 is 2.75 bits per heavy atom. The van der Waals surface area contributed by atoms with Crippen molar-refractivity contribution in [3.63, 3.8) is 0 Å². The van der Waals surface area contributed by atoms with Gasteiger partial charge in [-0.2, -0.15) is 15.4 Å². The fraction of sp³-hybridized carbons (Fsp3) is 0.167. The van der Waals surface area contributed by atoms with Gasteiger partial charge in [-0.05, 0) is 24.6 Å². The molecule has 24 heavy (non-hydrogen) atoms. The summed E-state index contributed by atoms with van der Waals surface area (Å²) in [6.07, 6.45) is 0. The van der Waals surface area contributed by atoms with Crippen molar-refractivity contribution in [2.45, 2.75) is 13.5 Å². The fourth-order valence-corrected chi connectivity index (χ4v) is 2.36. The Balaban J connectivity index is 1.70. The Labute approximate surface area is 139 Å². The number of nitrogens with one attached hydrogen (secondary N) is 2. The highest BCUT2D eigenvalue weighted by Gasteiger charge is 2.17. The zero-order chi connectivity index (χ0) is 16.8. The Hall–Kier alpha value is -3.15. The van der Waals surface area contributed by atoms with Crippen molar-refractivity contribution in [1.82, 2.24) is 20.7 Å². The summed E-state index contributed by atoms with van der Waals surface area (Å²) in [7, 11) is 0. The third-order valence-electron chi connectivity index (χ3n) is 3.47. The van der Waals surface area contributed by atoms with Crippen LogP contribution in [-0.4, -0.2) is 27.9 Å². The van der Waals surface area contributed by atoms with Crippen LogP contribution in [0.1, 0.15) is 23.0 Å². The molecule has 0 bridgehead atoms. The maximum Gasteiger partial charge on any atom is 0.274 e. The van der Waals surface area contributed by atoms with Crippen LogP contribution < -0.4 is 10.1 Å². The molecule has 0 aliphatic rings. The number of hydrogen-bond donors (Lipinski definition) is 2. The number of hydrogen-bond acceptors (Lipinski definition) is 4. The summed E-state index contributed by atoms with van der Waals surface area (Å²) >= 11 is 0. The molecule has 0 aliphatic carbocycles. The summed E-state index contributed by atoms with van der Waals surface area (Å²) in [5, 5.41) is 13.4. The van der Waals surface area contributed by atoms with Gasteiger partial charge in [0.05, 0.1) is 6.61 Å². The van der Waals surface area contributed by atoms with Gasteiger partial charge in [0.25, 0.3) is 5.91 Å². The standard InChI is InChI=1S/C18H18N4O2/c1-2-24-15-10-6-7-13(11-15)12-19-18(23)17-16(20-22-21-17)14-8-4-3-5-9-14/h3-11H,2,12H2,1H3,(H,19,23)(H,20,21,22). The summed E-state index contributed by atoms with van der Waals surface area (Å²) in [5.74, 6) is 0.514. The number of ether oxygens (including phenoxy) is 1. The monoisotopic (exact) mass is 322 g/mol. The van der Waals surface area contributed by atoms with Crippen LogP contribution in [0.25, 0.3) is 11.3 Å². The van der Waals surface area contributed by atoms with E-state index >= 15 is 0 Å². The molecular weight excluding hydrogens is 304 g/mol. The van der Waals surface area contributed by atoms with E-state index in [9.17, 15) is 4.79 Å². The molecule has 0 spiro atoms. The minimum Gasteiger partial charge on any atom is -0.494 e. The van der Waals surface area contributed by atoms with Crippen molar-refractivity contribution in [1.29, 1.82) is 0 Å². The zero-order valence-electron chi connectivity index (χ0n) is 13.3. The second-order valence-electron chi connectivity index (χ2n) is 5.15. The molecule has 122 valence electrons. The number of amides is 1. The molecule has 0 saturated carbocycles. The van der Waals surface area contributed by atoms with E-state index in [-0.39, 0.29) is 11.6 Å². The first-order chi connectivity index (χ1) is 11.8. The smallest absolute Gasteiger partial charge is 0.274 e. The van der Waals surface area contributed by atoms with Crippen LogP contribution in [0.4, 0.5) is 0 Å². The number of carbonyl (C=O) groups is 1. The van der Waals surface area contributed by atoms with Crippen molar-refractivity contribution in [2.24, 2.45) is 0 Å². The number of carbonyl (C=O) groups excluding carboxylic acids is 1. The van der Waals surface area contributed by atoms with Gasteiger partial charge in [-0.25, -0.2) is 0 Å². The summed E-state index contributed by atoms with van der Waals surface area (Å²) in [6.45, 7) is 2.93. The van der Waals surface area contributed by atoms with Crippen molar-refractivity contribution in [3.8, 4) is 17.0 Å². The molecule has 0 fully saturated rings. The average Bonchev–Trinajstić information content (AvgIpc) is 3.11. The van der Waals surface area contributed by atoms with E-state index < -0.39 is 0 Å². The lowest BCUT2D eigenvalue weighted by Crippen LogP contribution is -2.23. The highest BCUT2D eigenvalue weighted by molar-refractivity contribution is 5.97. The maximum absolute atomic E-state index is 12.4. The maximum atomic E-state index is 12.4. The van der Waals surface area contributed by atoms with Crippen LogP contribution in [0.2, 0.25) is 0 Å². The molecule has 0 radical (unpaired) electrons. The predicted molar refractivity (Wildman–Crippen MR) is 90.6 cm³/mol. The predicted octanol–water partition coefficient (Wildman–Crippen LogP) is 2.80. The first-order valence-corrected chi connectivity index (χ1v) is 7.74. The summed E-state index contributed by atoms with van der Waals surface area (Å²) in [4.78, 5) is 12.4. The van der Waals surface area contributed by atoms with Gasteiger partial charge in [0, 0.05) is 12.1 Å². The number of aromatic nitrogens is 3. The number of rotatable bonds is 6. The van der Waals surface area contributed by atoms with E-state index in [4.69, 9.17) is 4.74 Å². The van der Waals surface area contributed by atoms with Crippen LogP contribution >= 0.6 is 0 Å². The molecule has 1 aromatic heterocycles. The summed E-state index contributed by atoms with van der Waals surface area (Å²) < 4.78 is 5.46. The molecule has 1 amide bonds. The van der Waals surface area contributed by atoms with Crippen LogP contribution in [0.5, 0.6) is 5.75 Å². The first kappa shape index (κ1) is 15.7. The van der Waals surface area contributed by atoms with Gasteiger partial charge in [0.15, 0.2) is 5.69 Å². The second-order valence-corrected chi connectivity index (χ2v) is 5.15. The van der Waals surface area contributed by atoms with E-state index in [1.807, 2.05) is 61.5 Å². The molecule has 2 aromatic carbocycles. The van der Waals surface area contributed by atoms with Crippen molar-refractivity contribution in [2.75, 3.05) is 6.61 Å². The molecule has 0 saturated heterocycles. The lowest BCUT2D eigenvalue weighted by Gasteiger charge is -2.07. The quantitative estimate of drug-likeness (QED) is 0.731. The third kappa shape index (κ3) is 3.60. The summed E-state index contributed by atoms with van der Waals surface area (Å²) in [6, 6.07) is 17.1. The zero-order valence-corrected chi connectivity index (χ0v) is 13.3. The molecule has 6 heteroatoms. The molecular formula is C18H18N4O2. The van der Waals surface area contributed by atoms with Gasteiger partial charge in [-0.15, -0.1) is 0 Å². The number of aromatic amines is 1. The first-order valence-electron chi connectivity index (χ1n) is 7.74. The fourth-order valence-electron chi connectivity index (χ4n) is 2.36. The molecule has 0 atom stereocenters. The van der Waals surface area contributed by atoms with Gasteiger partial charge in [-0.3, -0.25) is 4.79 Å².